The molecular formula is C11H17N. The summed E-state index contributed by atoms with van der Waals surface area (Å²) in [7, 11) is 2.14. The summed E-state index contributed by atoms with van der Waals surface area (Å²) < 4.78 is 0. The van der Waals surface area contributed by atoms with Gasteiger partial charge in [0.05, 0.1) is 0 Å². The lowest BCUT2D eigenvalue weighted by Crippen LogP contribution is -2.27. The van der Waals surface area contributed by atoms with Crippen molar-refractivity contribution < 1.29 is 0 Å². The molecule has 0 radical (unpaired) electrons. The monoisotopic (exact) mass is 163 g/mol. The number of hydrogen-bond acceptors (Lipinski definition) is 1. The molecule has 12 heavy (non-hydrogen) atoms. The number of allylic oxidation sites excluding steroid dienone is 1. The van der Waals surface area contributed by atoms with Crippen LogP contribution in [0.1, 0.15) is 13.3 Å². The Morgan fingerprint density at radius 1 is 1.58 bits per heavy atom. The van der Waals surface area contributed by atoms with Crippen molar-refractivity contribution >= 4 is 0 Å². The molecule has 0 aliphatic carbocycles. The third-order valence-electron chi connectivity index (χ3n) is 2.33. The first kappa shape index (κ1) is 9.27. The van der Waals surface area contributed by atoms with E-state index in [1.165, 1.54) is 16.7 Å². The van der Waals surface area contributed by atoms with Gasteiger partial charge in [0.15, 0.2) is 0 Å². The molecule has 0 aromatic rings. The van der Waals surface area contributed by atoms with Gasteiger partial charge < -0.3 is 4.90 Å². The highest BCUT2D eigenvalue weighted by atomic mass is 15.1. The van der Waals surface area contributed by atoms with Crippen molar-refractivity contribution in [2.24, 2.45) is 0 Å². The summed E-state index contributed by atoms with van der Waals surface area (Å²) in [5.41, 5.74) is 3.94. The van der Waals surface area contributed by atoms with Crippen LogP contribution in [0, 0.1) is 0 Å². The van der Waals surface area contributed by atoms with Crippen LogP contribution in [-0.2, 0) is 0 Å². The zero-order chi connectivity index (χ0) is 9.14. The maximum Gasteiger partial charge on any atom is 0.0233 e. The minimum atomic E-state index is 1.02. The van der Waals surface area contributed by atoms with Crippen molar-refractivity contribution in [2.75, 3.05) is 20.1 Å². The summed E-state index contributed by atoms with van der Waals surface area (Å²) in [4.78, 5) is 2.31. The molecule has 66 valence electrons. The van der Waals surface area contributed by atoms with Crippen molar-refractivity contribution in [3.63, 3.8) is 0 Å². The standard InChI is InChI=1S/C11H17N/c1-5-10-8-12(4)7-6-11(10)9(2)3/h5H,1-2,6-8H2,3-4H3. The number of rotatable bonds is 2. The molecule has 1 heterocycles. The van der Waals surface area contributed by atoms with Crippen LogP contribution >= 0.6 is 0 Å². The first-order valence-corrected chi connectivity index (χ1v) is 4.34. The summed E-state index contributed by atoms with van der Waals surface area (Å²) in [5.74, 6) is 0. The normalized spacial score (nSPS) is 19.5. The Labute approximate surface area is 75.1 Å². The lowest BCUT2D eigenvalue weighted by atomic mass is 9.95. The van der Waals surface area contributed by atoms with E-state index in [-0.39, 0.29) is 0 Å². The van der Waals surface area contributed by atoms with Gasteiger partial charge in [-0.2, -0.15) is 0 Å². The van der Waals surface area contributed by atoms with E-state index in [2.05, 4.69) is 32.0 Å². The molecule has 1 nitrogen and oxygen atoms in total. The van der Waals surface area contributed by atoms with E-state index < -0.39 is 0 Å². The minimum absolute atomic E-state index is 1.02. The van der Waals surface area contributed by atoms with E-state index in [1.807, 2.05) is 6.08 Å². The second kappa shape index (κ2) is 3.72. The second-order valence-electron chi connectivity index (χ2n) is 3.48. The Morgan fingerprint density at radius 3 is 2.75 bits per heavy atom. The molecule has 0 saturated carbocycles. The maximum absolute atomic E-state index is 3.98. The summed E-state index contributed by atoms with van der Waals surface area (Å²) in [6, 6.07) is 0. The Kier molecular flexibility index (Phi) is 2.88. The smallest absolute Gasteiger partial charge is 0.0233 e. The summed E-state index contributed by atoms with van der Waals surface area (Å²) in [6.07, 6.45) is 3.08. The third-order valence-corrected chi connectivity index (χ3v) is 2.33. The van der Waals surface area contributed by atoms with Gasteiger partial charge in [-0.15, -0.1) is 0 Å². The average Bonchev–Trinajstić information content (AvgIpc) is 2.03. The maximum atomic E-state index is 3.98. The molecule has 1 aliphatic rings. The summed E-state index contributed by atoms with van der Waals surface area (Å²) in [6.45, 7) is 12.0. The molecule has 0 N–H and O–H groups in total. The highest BCUT2D eigenvalue weighted by Gasteiger charge is 2.13. The predicted octanol–water partition coefficient (Wildman–Crippen LogP) is 2.38. The molecule has 0 spiro atoms. The highest BCUT2D eigenvalue weighted by Crippen LogP contribution is 2.22. The molecule has 0 bridgehead atoms. The largest absolute Gasteiger partial charge is 0.302 e. The SMILES string of the molecule is C=CC1=C(C(=C)C)CCN(C)C1. The van der Waals surface area contributed by atoms with Gasteiger partial charge in [0.25, 0.3) is 0 Å². The summed E-state index contributed by atoms with van der Waals surface area (Å²) in [5, 5.41) is 0. The molecule has 1 rings (SSSR count). The van der Waals surface area contributed by atoms with Crippen molar-refractivity contribution in [3.05, 3.63) is 36.0 Å². The van der Waals surface area contributed by atoms with Crippen LogP contribution in [-0.4, -0.2) is 25.0 Å². The Morgan fingerprint density at radius 2 is 2.25 bits per heavy atom. The Hall–Kier alpha value is -0.820. The van der Waals surface area contributed by atoms with Gasteiger partial charge in [-0.1, -0.05) is 24.8 Å². The fourth-order valence-electron chi connectivity index (χ4n) is 1.60. The molecule has 0 aromatic carbocycles. The highest BCUT2D eigenvalue weighted by molar-refractivity contribution is 5.39. The van der Waals surface area contributed by atoms with Gasteiger partial charge >= 0.3 is 0 Å². The van der Waals surface area contributed by atoms with E-state index in [1.54, 1.807) is 0 Å². The first-order valence-electron chi connectivity index (χ1n) is 4.34. The van der Waals surface area contributed by atoms with Crippen LogP contribution in [0.25, 0.3) is 0 Å². The Bertz CT molecular complexity index is 235. The van der Waals surface area contributed by atoms with Gasteiger partial charge in [0.2, 0.25) is 0 Å². The molecule has 0 atom stereocenters. The van der Waals surface area contributed by atoms with Crippen LogP contribution in [0.15, 0.2) is 36.0 Å². The quantitative estimate of drug-likeness (QED) is 0.604. The van der Waals surface area contributed by atoms with Gasteiger partial charge in [-0.3, -0.25) is 0 Å². The van der Waals surface area contributed by atoms with Gasteiger partial charge in [-0.25, -0.2) is 0 Å². The van der Waals surface area contributed by atoms with E-state index >= 15 is 0 Å². The minimum Gasteiger partial charge on any atom is -0.302 e. The van der Waals surface area contributed by atoms with Crippen molar-refractivity contribution in [3.8, 4) is 0 Å². The lowest BCUT2D eigenvalue weighted by Gasteiger charge is -2.26. The number of hydrogen-bond donors (Lipinski definition) is 0. The van der Waals surface area contributed by atoms with Crippen LogP contribution in [0.2, 0.25) is 0 Å². The molecule has 0 fully saturated rings. The van der Waals surface area contributed by atoms with E-state index in [4.69, 9.17) is 0 Å². The zero-order valence-corrected chi connectivity index (χ0v) is 8.06. The first-order chi connectivity index (χ1) is 5.65. The molecular weight excluding hydrogens is 146 g/mol. The molecule has 0 amide bonds. The molecule has 0 saturated heterocycles. The molecule has 1 aliphatic heterocycles. The topological polar surface area (TPSA) is 3.24 Å². The average molecular weight is 163 g/mol. The van der Waals surface area contributed by atoms with Crippen LogP contribution < -0.4 is 0 Å². The van der Waals surface area contributed by atoms with Gasteiger partial charge in [-0.05, 0) is 31.5 Å². The van der Waals surface area contributed by atoms with E-state index in [0.29, 0.717) is 0 Å². The van der Waals surface area contributed by atoms with Crippen molar-refractivity contribution in [2.45, 2.75) is 13.3 Å². The Balaban J connectivity index is 2.91. The number of likely N-dealkylation sites (N-methyl/N-ethyl adjacent to an activating group) is 1. The third kappa shape index (κ3) is 1.86. The van der Waals surface area contributed by atoms with Gasteiger partial charge in [0.1, 0.15) is 0 Å². The van der Waals surface area contributed by atoms with E-state index in [9.17, 15) is 0 Å². The van der Waals surface area contributed by atoms with Gasteiger partial charge in [0, 0.05) is 13.1 Å². The molecule has 1 heteroatoms. The van der Waals surface area contributed by atoms with E-state index in [0.717, 1.165) is 19.5 Å². The fourth-order valence-corrected chi connectivity index (χ4v) is 1.60. The second-order valence-corrected chi connectivity index (χ2v) is 3.48. The zero-order valence-electron chi connectivity index (χ0n) is 8.06. The predicted molar refractivity (Wildman–Crippen MR) is 54.2 cm³/mol. The van der Waals surface area contributed by atoms with Crippen molar-refractivity contribution in [1.82, 2.24) is 4.90 Å². The van der Waals surface area contributed by atoms with Crippen LogP contribution in [0.3, 0.4) is 0 Å². The van der Waals surface area contributed by atoms with Crippen molar-refractivity contribution in [1.29, 1.82) is 0 Å². The fraction of sp³-hybridized carbons (Fsp3) is 0.455. The van der Waals surface area contributed by atoms with Crippen LogP contribution in [0.5, 0.6) is 0 Å². The summed E-state index contributed by atoms with van der Waals surface area (Å²) >= 11 is 0. The lowest BCUT2D eigenvalue weighted by molar-refractivity contribution is 0.353. The molecule has 0 unspecified atom stereocenters. The molecule has 0 aromatic heterocycles. The van der Waals surface area contributed by atoms with Crippen LogP contribution in [0.4, 0.5) is 0 Å². The number of nitrogens with zero attached hydrogens (tertiary/aromatic N) is 1.